The minimum Gasteiger partial charge on any atom is -0.380 e. The van der Waals surface area contributed by atoms with Crippen LogP contribution in [0.25, 0.3) is 0 Å². The van der Waals surface area contributed by atoms with Crippen LogP contribution in [-0.2, 0) is 16.6 Å². The van der Waals surface area contributed by atoms with Gasteiger partial charge >= 0.3 is 0 Å². The molecule has 0 bridgehead atoms. The Morgan fingerprint density at radius 3 is 2.38 bits per heavy atom. The molecule has 0 saturated heterocycles. The van der Waals surface area contributed by atoms with E-state index in [2.05, 4.69) is 26.0 Å². The van der Waals surface area contributed by atoms with Crippen LogP contribution in [0.15, 0.2) is 34.8 Å². The smallest absolute Gasteiger partial charge is 0.232 e. The molecule has 8 heteroatoms. The van der Waals surface area contributed by atoms with E-state index in [1.165, 1.54) is 11.3 Å². The van der Waals surface area contributed by atoms with E-state index in [-0.39, 0.29) is 5.75 Å². The first-order valence-electron chi connectivity index (χ1n) is 6.18. The number of sulfonamides is 1. The minimum atomic E-state index is -3.23. The fraction of sp³-hybridized carbons (Fsp3) is 0.231. The van der Waals surface area contributed by atoms with Crippen LogP contribution in [0.3, 0.4) is 0 Å². The number of hydrogen-bond donors (Lipinski definition) is 2. The maximum Gasteiger partial charge on any atom is 0.232 e. The van der Waals surface area contributed by atoms with Gasteiger partial charge in [0, 0.05) is 27.3 Å². The van der Waals surface area contributed by atoms with Gasteiger partial charge in [0.1, 0.15) is 4.34 Å². The Hall–Kier alpha value is -0.760. The second kappa shape index (κ2) is 7.00. The van der Waals surface area contributed by atoms with E-state index in [0.29, 0.717) is 12.2 Å². The zero-order valence-electron chi connectivity index (χ0n) is 11.2. The van der Waals surface area contributed by atoms with Crippen LogP contribution in [0.5, 0.6) is 0 Å². The summed E-state index contributed by atoms with van der Waals surface area (Å²) in [6.07, 6.45) is 0. The summed E-state index contributed by atoms with van der Waals surface area (Å²) in [5.41, 5.74) is 1.47. The molecule has 2 aromatic rings. The fourth-order valence-electron chi connectivity index (χ4n) is 1.58. The summed E-state index contributed by atoms with van der Waals surface area (Å²) < 4.78 is 27.0. The standard InChI is InChI=1S/C13H14BrClN2O2S2/c1-2-21(18,19)17-10-5-3-9(4-6-10)16-8-11-7-12(14)13(15)20-11/h3-7,16-17H,2,8H2,1H3. The normalized spacial score (nSPS) is 11.4. The molecule has 1 heterocycles. The van der Waals surface area contributed by atoms with Crippen molar-refractivity contribution in [2.75, 3.05) is 15.8 Å². The van der Waals surface area contributed by atoms with Crippen molar-refractivity contribution in [3.63, 3.8) is 0 Å². The highest BCUT2D eigenvalue weighted by atomic mass is 79.9. The van der Waals surface area contributed by atoms with E-state index in [1.54, 1.807) is 19.1 Å². The predicted octanol–water partition coefficient (Wildman–Crippen LogP) is 4.54. The molecule has 2 N–H and O–H groups in total. The molecule has 21 heavy (non-hydrogen) atoms. The van der Waals surface area contributed by atoms with Crippen molar-refractivity contribution in [2.24, 2.45) is 0 Å². The van der Waals surface area contributed by atoms with Gasteiger partial charge in [-0.15, -0.1) is 11.3 Å². The first kappa shape index (κ1) is 16.6. The Balaban J connectivity index is 1.96. The molecular formula is C13H14BrClN2O2S2. The summed E-state index contributed by atoms with van der Waals surface area (Å²) in [5.74, 6) is 0.0566. The summed E-state index contributed by atoms with van der Waals surface area (Å²) >= 11 is 10.9. The Morgan fingerprint density at radius 1 is 1.24 bits per heavy atom. The molecule has 0 radical (unpaired) electrons. The van der Waals surface area contributed by atoms with E-state index in [1.807, 2.05) is 18.2 Å². The highest BCUT2D eigenvalue weighted by Crippen LogP contribution is 2.32. The quantitative estimate of drug-likeness (QED) is 0.736. The van der Waals surface area contributed by atoms with Gasteiger partial charge in [-0.2, -0.15) is 0 Å². The van der Waals surface area contributed by atoms with Gasteiger partial charge in [-0.05, 0) is 53.2 Å². The topological polar surface area (TPSA) is 58.2 Å². The van der Waals surface area contributed by atoms with E-state index in [4.69, 9.17) is 11.6 Å². The zero-order valence-corrected chi connectivity index (χ0v) is 15.2. The SMILES string of the molecule is CCS(=O)(=O)Nc1ccc(NCc2cc(Br)c(Cl)s2)cc1. The number of nitrogens with one attached hydrogen (secondary N) is 2. The van der Waals surface area contributed by atoms with Gasteiger partial charge in [-0.3, -0.25) is 4.72 Å². The maximum atomic E-state index is 11.5. The molecule has 4 nitrogen and oxygen atoms in total. The van der Waals surface area contributed by atoms with Gasteiger partial charge in [-0.1, -0.05) is 11.6 Å². The first-order chi connectivity index (χ1) is 9.89. The number of anilines is 2. The summed E-state index contributed by atoms with van der Waals surface area (Å²) in [5, 5.41) is 3.26. The molecule has 0 fully saturated rings. The largest absolute Gasteiger partial charge is 0.380 e. The second-order valence-electron chi connectivity index (χ2n) is 4.27. The molecule has 0 aliphatic rings. The van der Waals surface area contributed by atoms with Crippen LogP contribution in [0, 0.1) is 0 Å². The van der Waals surface area contributed by atoms with Crippen molar-refractivity contribution in [1.29, 1.82) is 0 Å². The molecule has 0 spiro atoms. The molecule has 1 aromatic carbocycles. The summed E-state index contributed by atoms with van der Waals surface area (Å²) in [6.45, 7) is 2.26. The molecule has 0 aliphatic heterocycles. The van der Waals surface area contributed by atoms with Crippen molar-refractivity contribution in [1.82, 2.24) is 0 Å². The van der Waals surface area contributed by atoms with Crippen LogP contribution in [0.2, 0.25) is 4.34 Å². The van der Waals surface area contributed by atoms with Crippen molar-refractivity contribution < 1.29 is 8.42 Å². The van der Waals surface area contributed by atoms with E-state index in [9.17, 15) is 8.42 Å². The van der Waals surface area contributed by atoms with Gasteiger partial charge < -0.3 is 5.32 Å². The summed E-state index contributed by atoms with van der Waals surface area (Å²) in [4.78, 5) is 1.11. The average Bonchev–Trinajstić information content (AvgIpc) is 2.77. The van der Waals surface area contributed by atoms with Gasteiger partial charge in [0.15, 0.2) is 0 Å². The lowest BCUT2D eigenvalue weighted by Crippen LogP contribution is -2.14. The van der Waals surface area contributed by atoms with E-state index < -0.39 is 10.0 Å². The van der Waals surface area contributed by atoms with Crippen molar-refractivity contribution in [2.45, 2.75) is 13.5 Å². The zero-order chi connectivity index (χ0) is 15.5. The van der Waals surface area contributed by atoms with Crippen LogP contribution < -0.4 is 10.0 Å². The summed E-state index contributed by atoms with van der Waals surface area (Å²) in [6, 6.07) is 9.10. The Morgan fingerprint density at radius 2 is 1.86 bits per heavy atom. The number of halogens is 2. The Kier molecular flexibility index (Phi) is 5.54. The van der Waals surface area contributed by atoms with Crippen LogP contribution >= 0.6 is 38.9 Å². The molecule has 2 rings (SSSR count). The van der Waals surface area contributed by atoms with Gasteiger partial charge in [0.05, 0.1) is 5.75 Å². The number of hydrogen-bond acceptors (Lipinski definition) is 4. The molecule has 1 aromatic heterocycles. The van der Waals surface area contributed by atoms with E-state index >= 15 is 0 Å². The average molecular weight is 410 g/mol. The van der Waals surface area contributed by atoms with Crippen molar-refractivity contribution in [3.8, 4) is 0 Å². The fourth-order valence-corrected chi connectivity index (χ4v) is 3.95. The molecule has 0 amide bonds. The molecule has 0 unspecified atom stereocenters. The molecule has 0 atom stereocenters. The highest BCUT2D eigenvalue weighted by Gasteiger charge is 2.07. The maximum absolute atomic E-state index is 11.5. The Labute approximate surface area is 141 Å². The molecule has 0 saturated carbocycles. The predicted molar refractivity (Wildman–Crippen MR) is 93.9 cm³/mol. The molecular weight excluding hydrogens is 396 g/mol. The highest BCUT2D eigenvalue weighted by molar-refractivity contribution is 9.10. The van der Waals surface area contributed by atoms with E-state index in [0.717, 1.165) is 19.4 Å². The number of rotatable bonds is 6. The summed E-state index contributed by atoms with van der Waals surface area (Å²) in [7, 11) is -3.23. The van der Waals surface area contributed by atoms with Crippen LogP contribution in [-0.4, -0.2) is 14.2 Å². The number of thiophene rings is 1. The van der Waals surface area contributed by atoms with Crippen molar-refractivity contribution >= 4 is 60.3 Å². The first-order valence-corrected chi connectivity index (χ1v) is 9.82. The lowest BCUT2D eigenvalue weighted by molar-refractivity contribution is 0.602. The lowest BCUT2D eigenvalue weighted by Gasteiger charge is -2.08. The van der Waals surface area contributed by atoms with Crippen LogP contribution in [0.4, 0.5) is 11.4 Å². The monoisotopic (exact) mass is 408 g/mol. The minimum absolute atomic E-state index is 0.0566. The lowest BCUT2D eigenvalue weighted by atomic mass is 10.3. The number of benzene rings is 1. The van der Waals surface area contributed by atoms with Gasteiger partial charge in [-0.25, -0.2) is 8.42 Å². The van der Waals surface area contributed by atoms with Gasteiger partial charge in [0.25, 0.3) is 0 Å². The molecule has 0 aliphatic carbocycles. The third kappa shape index (κ3) is 4.88. The third-order valence-electron chi connectivity index (χ3n) is 2.70. The van der Waals surface area contributed by atoms with Crippen molar-refractivity contribution in [3.05, 3.63) is 44.0 Å². The van der Waals surface area contributed by atoms with Gasteiger partial charge in [0.2, 0.25) is 10.0 Å². The Bertz CT molecular complexity index is 695. The second-order valence-corrected chi connectivity index (χ2v) is 8.87. The molecule has 114 valence electrons. The van der Waals surface area contributed by atoms with Crippen LogP contribution in [0.1, 0.15) is 11.8 Å². The third-order valence-corrected chi connectivity index (χ3v) is 6.48.